The van der Waals surface area contributed by atoms with Crippen molar-refractivity contribution < 1.29 is 27.5 Å². The molecule has 0 fully saturated rings. The lowest BCUT2D eigenvalue weighted by atomic mass is 10.2. The first-order valence-corrected chi connectivity index (χ1v) is 9.41. The third-order valence-corrected chi connectivity index (χ3v) is 4.45. The zero-order valence-electron chi connectivity index (χ0n) is 16.0. The molecule has 0 atom stereocenters. The SMILES string of the molecule is O=C(CCC(=O)N1CCOc2ccccc21)NCCNc1ncccc1C(F)(F)F. The van der Waals surface area contributed by atoms with Gasteiger partial charge in [-0.2, -0.15) is 13.2 Å². The zero-order chi connectivity index (χ0) is 21.6. The van der Waals surface area contributed by atoms with Gasteiger partial charge in [-0.1, -0.05) is 12.1 Å². The molecule has 30 heavy (non-hydrogen) atoms. The molecule has 0 bridgehead atoms. The molecule has 2 heterocycles. The summed E-state index contributed by atoms with van der Waals surface area (Å²) in [5, 5.41) is 5.15. The normalized spacial score (nSPS) is 13.2. The van der Waals surface area contributed by atoms with Gasteiger partial charge in [0.15, 0.2) is 0 Å². The Morgan fingerprint density at radius 2 is 1.90 bits per heavy atom. The predicted octanol–water partition coefficient (Wildman–Crippen LogP) is 2.83. The molecule has 160 valence electrons. The molecule has 1 aromatic heterocycles. The number of amides is 2. The number of hydrogen-bond acceptors (Lipinski definition) is 5. The number of alkyl halides is 3. The monoisotopic (exact) mass is 422 g/mol. The topological polar surface area (TPSA) is 83.6 Å². The van der Waals surface area contributed by atoms with E-state index in [0.29, 0.717) is 24.6 Å². The Morgan fingerprint density at radius 3 is 2.70 bits per heavy atom. The second kappa shape index (κ2) is 9.47. The van der Waals surface area contributed by atoms with Crippen molar-refractivity contribution in [2.24, 2.45) is 0 Å². The van der Waals surface area contributed by atoms with Gasteiger partial charge in [0.25, 0.3) is 0 Å². The Bertz CT molecular complexity index is 905. The maximum absolute atomic E-state index is 12.9. The Hall–Kier alpha value is -3.30. The molecule has 7 nitrogen and oxygen atoms in total. The minimum absolute atomic E-state index is 0.0181. The Labute approximate surface area is 171 Å². The highest BCUT2D eigenvalue weighted by Crippen LogP contribution is 2.33. The van der Waals surface area contributed by atoms with Crippen molar-refractivity contribution in [2.45, 2.75) is 19.0 Å². The van der Waals surface area contributed by atoms with Gasteiger partial charge in [0, 0.05) is 32.1 Å². The van der Waals surface area contributed by atoms with E-state index < -0.39 is 11.7 Å². The van der Waals surface area contributed by atoms with Crippen molar-refractivity contribution in [3.8, 4) is 5.75 Å². The molecule has 1 aliphatic rings. The number of rotatable bonds is 7. The number of benzene rings is 1. The fraction of sp³-hybridized carbons (Fsp3) is 0.350. The first kappa shape index (κ1) is 21.4. The fourth-order valence-electron chi connectivity index (χ4n) is 3.03. The third-order valence-electron chi connectivity index (χ3n) is 4.45. The molecular formula is C20H21F3N4O3. The number of nitrogens with zero attached hydrogens (tertiary/aromatic N) is 2. The lowest BCUT2D eigenvalue weighted by molar-refractivity contribution is -0.137. The van der Waals surface area contributed by atoms with Crippen LogP contribution >= 0.6 is 0 Å². The summed E-state index contributed by atoms with van der Waals surface area (Å²) in [6, 6.07) is 9.32. The Kier molecular flexibility index (Phi) is 6.76. The fourth-order valence-corrected chi connectivity index (χ4v) is 3.03. The zero-order valence-corrected chi connectivity index (χ0v) is 16.0. The number of fused-ring (bicyclic) bond motifs is 1. The lowest BCUT2D eigenvalue weighted by Crippen LogP contribution is -2.38. The number of para-hydroxylation sites is 2. The van der Waals surface area contributed by atoms with Crippen molar-refractivity contribution in [2.75, 3.05) is 36.5 Å². The minimum Gasteiger partial charge on any atom is -0.490 e. The number of aromatic nitrogens is 1. The molecule has 0 aliphatic carbocycles. The molecule has 10 heteroatoms. The molecule has 0 saturated carbocycles. The summed E-state index contributed by atoms with van der Waals surface area (Å²) in [7, 11) is 0. The van der Waals surface area contributed by atoms with Crippen LogP contribution in [0.3, 0.4) is 0 Å². The average Bonchev–Trinajstić information content (AvgIpc) is 2.74. The number of carbonyl (C=O) groups excluding carboxylic acids is 2. The van der Waals surface area contributed by atoms with E-state index >= 15 is 0 Å². The van der Waals surface area contributed by atoms with Gasteiger partial charge < -0.3 is 20.3 Å². The van der Waals surface area contributed by atoms with Gasteiger partial charge in [-0.25, -0.2) is 4.98 Å². The minimum atomic E-state index is -4.52. The van der Waals surface area contributed by atoms with Gasteiger partial charge >= 0.3 is 6.18 Å². The molecular weight excluding hydrogens is 401 g/mol. The maximum Gasteiger partial charge on any atom is 0.419 e. The van der Waals surface area contributed by atoms with Crippen LogP contribution in [-0.4, -0.2) is 43.0 Å². The van der Waals surface area contributed by atoms with E-state index in [9.17, 15) is 22.8 Å². The van der Waals surface area contributed by atoms with Crippen LogP contribution < -0.4 is 20.3 Å². The van der Waals surface area contributed by atoms with Gasteiger partial charge in [-0.3, -0.25) is 9.59 Å². The van der Waals surface area contributed by atoms with Crippen molar-refractivity contribution in [3.63, 3.8) is 0 Å². The molecule has 1 aliphatic heterocycles. The van der Waals surface area contributed by atoms with Crippen molar-refractivity contribution in [1.29, 1.82) is 0 Å². The number of halogens is 3. The average molecular weight is 422 g/mol. The summed E-state index contributed by atoms with van der Waals surface area (Å²) >= 11 is 0. The van der Waals surface area contributed by atoms with Crippen LogP contribution in [0.2, 0.25) is 0 Å². The molecule has 2 N–H and O–H groups in total. The summed E-state index contributed by atoms with van der Waals surface area (Å²) in [5.41, 5.74) is -0.193. The number of ether oxygens (including phenoxy) is 1. The van der Waals surface area contributed by atoms with Gasteiger partial charge in [-0.05, 0) is 24.3 Å². The molecule has 0 spiro atoms. The number of hydrogen-bond donors (Lipinski definition) is 2. The number of anilines is 2. The highest BCUT2D eigenvalue weighted by Gasteiger charge is 2.34. The van der Waals surface area contributed by atoms with Crippen molar-refractivity contribution >= 4 is 23.3 Å². The molecule has 2 aromatic rings. The van der Waals surface area contributed by atoms with E-state index in [-0.39, 0.29) is 43.6 Å². The molecule has 0 saturated heterocycles. The van der Waals surface area contributed by atoms with Crippen LogP contribution in [0.5, 0.6) is 5.75 Å². The standard InChI is InChI=1S/C20H21F3N4O3/c21-20(22,23)14-4-3-9-25-19(14)26-11-10-24-17(28)7-8-18(29)27-12-13-30-16-6-2-1-5-15(16)27/h1-6,9H,7-8,10-13H2,(H,24,28)(H,25,26). The second-order valence-electron chi connectivity index (χ2n) is 6.54. The van der Waals surface area contributed by atoms with Gasteiger partial charge in [0.1, 0.15) is 18.2 Å². The summed E-state index contributed by atoms with van der Waals surface area (Å²) in [6.07, 6.45) is -3.26. The van der Waals surface area contributed by atoms with Crippen LogP contribution in [0.4, 0.5) is 24.7 Å². The molecule has 1 aromatic carbocycles. The molecule has 2 amide bonds. The van der Waals surface area contributed by atoms with Crippen LogP contribution in [0.1, 0.15) is 18.4 Å². The lowest BCUT2D eigenvalue weighted by Gasteiger charge is -2.29. The van der Waals surface area contributed by atoms with E-state index in [4.69, 9.17) is 4.74 Å². The van der Waals surface area contributed by atoms with Crippen LogP contribution in [0.25, 0.3) is 0 Å². The number of pyridine rings is 1. The van der Waals surface area contributed by atoms with Crippen LogP contribution in [-0.2, 0) is 15.8 Å². The Balaban J connectivity index is 1.42. The summed E-state index contributed by atoms with van der Waals surface area (Å²) in [6.45, 7) is 0.957. The number of carbonyl (C=O) groups is 2. The van der Waals surface area contributed by atoms with Gasteiger partial charge in [0.05, 0.1) is 17.8 Å². The first-order chi connectivity index (χ1) is 14.4. The van der Waals surface area contributed by atoms with Crippen LogP contribution in [0.15, 0.2) is 42.6 Å². The summed E-state index contributed by atoms with van der Waals surface area (Å²) in [5.74, 6) is -0.216. The Morgan fingerprint density at radius 1 is 1.10 bits per heavy atom. The van der Waals surface area contributed by atoms with Crippen molar-refractivity contribution in [1.82, 2.24) is 10.3 Å². The van der Waals surface area contributed by atoms with Crippen LogP contribution in [0, 0.1) is 0 Å². The van der Waals surface area contributed by atoms with E-state index in [1.165, 1.54) is 12.3 Å². The van der Waals surface area contributed by atoms with Gasteiger partial charge in [-0.15, -0.1) is 0 Å². The smallest absolute Gasteiger partial charge is 0.419 e. The molecule has 0 radical (unpaired) electrons. The summed E-state index contributed by atoms with van der Waals surface area (Å²) in [4.78, 5) is 29.7. The number of nitrogens with one attached hydrogen (secondary N) is 2. The molecule has 3 rings (SSSR count). The largest absolute Gasteiger partial charge is 0.490 e. The summed E-state index contributed by atoms with van der Waals surface area (Å²) < 4.78 is 44.2. The van der Waals surface area contributed by atoms with Crippen molar-refractivity contribution in [3.05, 3.63) is 48.2 Å². The second-order valence-corrected chi connectivity index (χ2v) is 6.54. The quantitative estimate of drug-likeness (QED) is 0.671. The van der Waals surface area contributed by atoms with E-state index in [1.54, 1.807) is 23.1 Å². The van der Waals surface area contributed by atoms with E-state index in [2.05, 4.69) is 15.6 Å². The molecule has 0 unspecified atom stereocenters. The van der Waals surface area contributed by atoms with Gasteiger partial charge in [0.2, 0.25) is 11.8 Å². The third kappa shape index (κ3) is 5.40. The van der Waals surface area contributed by atoms with E-state index in [0.717, 1.165) is 6.07 Å². The first-order valence-electron chi connectivity index (χ1n) is 9.41. The predicted molar refractivity (Wildman–Crippen MR) is 104 cm³/mol. The van der Waals surface area contributed by atoms with E-state index in [1.807, 2.05) is 6.07 Å². The highest BCUT2D eigenvalue weighted by molar-refractivity contribution is 5.97. The maximum atomic E-state index is 12.9. The highest BCUT2D eigenvalue weighted by atomic mass is 19.4.